The molecule has 0 fully saturated rings. The van der Waals surface area contributed by atoms with E-state index in [9.17, 15) is 9.59 Å². The van der Waals surface area contributed by atoms with Crippen molar-refractivity contribution in [2.24, 2.45) is 0 Å². The van der Waals surface area contributed by atoms with Gasteiger partial charge in [0.2, 0.25) is 11.8 Å². The van der Waals surface area contributed by atoms with E-state index in [0.29, 0.717) is 5.69 Å². The summed E-state index contributed by atoms with van der Waals surface area (Å²) in [5.41, 5.74) is 0.616. The number of nitrogens with zero attached hydrogens (tertiary/aromatic N) is 1. The third-order valence-electron chi connectivity index (χ3n) is 1.71. The van der Waals surface area contributed by atoms with Crippen LogP contribution in [0, 0.1) is 3.57 Å². The van der Waals surface area contributed by atoms with E-state index < -0.39 is 0 Å². The first-order valence-electron chi connectivity index (χ1n) is 4.09. The molecule has 3 nitrogen and oxygen atoms in total. The van der Waals surface area contributed by atoms with Gasteiger partial charge in [0.25, 0.3) is 0 Å². The summed E-state index contributed by atoms with van der Waals surface area (Å²) in [6, 6.07) is 7.22. The van der Waals surface area contributed by atoms with E-state index in [1.807, 2.05) is 12.1 Å². The van der Waals surface area contributed by atoms with Gasteiger partial charge in [-0.2, -0.15) is 0 Å². The summed E-state index contributed by atoms with van der Waals surface area (Å²) in [5.74, 6) is -0.530. The normalized spacial score (nSPS) is 9.64. The molecule has 74 valence electrons. The van der Waals surface area contributed by atoms with Crippen LogP contribution >= 0.6 is 22.6 Å². The highest BCUT2D eigenvalue weighted by atomic mass is 127. The lowest BCUT2D eigenvalue weighted by atomic mass is 10.3. The number of rotatable bonds is 1. The van der Waals surface area contributed by atoms with Crippen LogP contribution < -0.4 is 4.90 Å². The predicted molar refractivity (Wildman–Crippen MR) is 63.0 cm³/mol. The molecule has 1 rings (SSSR count). The van der Waals surface area contributed by atoms with Gasteiger partial charge in [-0.1, -0.05) is 0 Å². The summed E-state index contributed by atoms with van der Waals surface area (Å²) in [6.45, 7) is 2.75. The molecule has 2 amide bonds. The molecular weight excluding hydrogens is 293 g/mol. The van der Waals surface area contributed by atoms with Crippen molar-refractivity contribution in [3.63, 3.8) is 0 Å². The number of carbonyl (C=O) groups is 2. The lowest BCUT2D eigenvalue weighted by Crippen LogP contribution is -2.32. The molecule has 0 atom stereocenters. The van der Waals surface area contributed by atoms with Gasteiger partial charge in [0.1, 0.15) is 0 Å². The first-order chi connectivity index (χ1) is 6.52. The van der Waals surface area contributed by atoms with Gasteiger partial charge in [0.15, 0.2) is 0 Å². The number of benzene rings is 1. The topological polar surface area (TPSA) is 37.4 Å². The Balaban J connectivity index is 3.06. The molecule has 0 saturated carbocycles. The Labute approximate surface area is 96.2 Å². The molecule has 0 aliphatic rings. The molecule has 4 heteroatoms. The molecule has 0 heterocycles. The van der Waals surface area contributed by atoms with Gasteiger partial charge in [-0.3, -0.25) is 14.5 Å². The second-order valence-electron chi connectivity index (χ2n) is 2.85. The van der Waals surface area contributed by atoms with E-state index in [4.69, 9.17) is 0 Å². The molecule has 0 spiro atoms. The number of amides is 2. The molecule has 0 aliphatic heterocycles. The Morgan fingerprint density at radius 3 is 1.86 bits per heavy atom. The SMILES string of the molecule is CC(=O)N(C(C)=O)c1ccc(I)cc1. The summed E-state index contributed by atoms with van der Waals surface area (Å²) >= 11 is 2.17. The van der Waals surface area contributed by atoms with Crippen molar-refractivity contribution in [1.29, 1.82) is 0 Å². The number of anilines is 1. The molecule has 14 heavy (non-hydrogen) atoms. The minimum atomic E-state index is -0.265. The smallest absolute Gasteiger partial charge is 0.230 e. The maximum absolute atomic E-state index is 11.2. The van der Waals surface area contributed by atoms with Gasteiger partial charge in [-0.25, -0.2) is 0 Å². The highest BCUT2D eigenvalue weighted by molar-refractivity contribution is 14.1. The zero-order valence-corrected chi connectivity index (χ0v) is 10.1. The van der Waals surface area contributed by atoms with Crippen molar-refractivity contribution < 1.29 is 9.59 Å². The second kappa shape index (κ2) is 4.54. The van der Waals surface area contributed by atoms with Crippen LogP contribution in [0.15, 0.2) is 24.3 Å². The van der Waals surface area contributed by atoms with E-state index >= 15 is 0 Å². The van der Waals surface area contributed by atoms with Crippen LogP contribution in [0.4, 0.5) is 5.69 Å². The fraction of sp³-hybridized carbons (Fsp3) is 0.200. The quantitative estimate of drug-likeness (QED) is 0.746. The molecule has 0 aromatic heterocycles. The van der Waals surface area contributed by atoms with E-state index in [1.165, 1.54) is 13.8 Å². The van der Waals surface area contributed by atoms with Crippen LogP contribution in [0.2, 0.25) is 0 Å². The van der Waals surface area contributed by atoms with E-state index in [0.717, 1.165) is 8.47 Å². The van der Waals surface area contributed by atoms with Crippen molar-refractivity contribution in [3.05, 3.63) is 27.8 Å². The molecule has 1 aromatic carbocycles. The van der Waals surface area contributed by atoms with Crippen LogP contribution in [-0.4, -0.2) is 11.8 Å². The minimum Gasteiger partial charge on any atom is -0.274 e. The number of carbonyl (C=O) groups excluding carboxylic acids is 2. The maximum atomic E-state index is 11.2. The Bertz CT molecular complexity index is 345. The average molecular weight is 303 g/mol. The Morgan fingerprint density at radius 1 is 1.07 bits per heavy atom. The van der Waals surface area contributed by atoms with Crippen molar-refractivity contribution in [2.75, 3.05) is 4.90 Å². The van der Waals surface area contributed by atoms with E-state index in [1.54, 1.807) is 12.1 Å². The lowest BCUT2D eigenvalue weighted by molar-refractivity contribution is -0.124. The van der Waals surface area contributed by atoms with Gasteiger partial charge >= 0.3 is 0 Å². The summed E-state index contributed by atoms with van der Waals surface area (Å²) in [6.07, 6.45) is 0. The van der Waals surface area contributed by atoms with Crippen LogP contribution in [0.25, 0.3) is 0 Å². The van der Waals surface area contributed by atoms with Gasteiger partial charge in [0.05, 0.1) is 5.69 Å². The first-order valence-corrected chi connectivity index (χ1v) is 5.17. The molecule has 1 aromatic rings. The zero-order chi connectivity index (χ0) is 10.7. The van der Waals surface area contributed by atoms with Crippen molar-refractivity contribution >= 4 is 40.1 Å². The second-order valence-corrected chi connectivity index (χ2v) is 4.10. The maximum Gasteiger partial charge on any atom is 0.230 e. The molecule has 0 bridgehead atoms. The molecule has 0 unspecified atom stereocenters. The van der Waals surface area contributed by atoms with Crippen LogP contribution in [-0.2, 0) is 9.59 Å². The predicted octanol–water partition coefficient (Wildman–Crippen LogP) is 2.19. The molecule has 0 N–H and O–H groups in total. The largest absolute Gasteiger partial charge is 0.274 e. The third-order valence-corrected chi connectivity index (χ3v) is 2.43. The van der Waals surface area contributed by atoms with Crippen molar-refractivity contribution in [3.8, 4) is 0 Å². The molecule has 0 aliphatic carbocycles. The zero-order valence-electron chi connectivity index (χ0n) is 7.95. The Kier molecular flexibility index (Phi) is 3.62. The number of hydrogen-bond donors (Lipinski definition) is 0. The summed E-state index contributed by atoms with van der Waals surface area (Å²) in [4.78, 5) is 23.5. The Morgan fingerprint density at radius 2 is 1.50 bits per heavy atom. The summed E-state index contributed by atoms with van der Waals surface area (Å²) in [7, 11) is 0. The number of hydrogen-bond acceptors (Lipinski definition) is 2. The molecular formula is C10H10INO2. The summed E-state index contributed by atoms with van der Waals surface area (Å²) < 4.78 is 1.07. The highest BCUT2D eigenvalue weighted by Crippen LogP contribution is 2.16. The average Bonchev–Trinajstić information content (AvgIpc) is 2.07. The molecule has 0 saturated heterocycles. The molecule has 0 radical (unpaired) electrons. The van der Waals surface area contributed by atoms with E-state index in [2.05, 4.69) is 22.6 Å². The van der Waals surface area contributed by atoms with E-state index in [-0.39, 0.29) is 11.8 Å². The van der Waals surface area contributed by atoms with Crippen LogP contribution in [0.1, 0.15) is 13.8 Å². The highest BCUT2D eigenvalue weighted by Gasteiger charge is 2.15. The van der Waals surface area contributed by atoms with Crippen molar-refractivity contribution in [2.45, 2.75) is 13.8 Å². The van der Waals surface area contributed by atoms with Crippen molar-refractivity contribution in [1.82, 2.24) is 0 Å². The Hall–Kier alpha value is -0.910. The monoisotopic (exact) mass is 303 g/mol. The summed E-state index contributed by atoms with van der Waals surface area (Å²) in [5, 5.41) is 0. The van der Waals surface area contributed by atoms with Gasteiger partial charge in [-0.05, 0) is 46.9 Å². The fourth-order valence-electron chi connectivity index (χ4n) is 1.18. The fourth-order valence-corrected chi connectivity index (χ4v) is 1.54. The number of halogens is 1. The lowest BCUT2D eigenvalue weighted by Gasteiger charge is -2.16. The van der Waals surface area contributed by atoms with Gasteiger partial charge in [0, 0.05) is 17.4 Å². The van der Waals surface area contributed by atoms with Gasteiger partial charge < -0.3 is 0 Å². The van der Waals surface area contributed by atoms with Crippen LogP contribution in [0.5, 0.6) is 0 Å². The van der Waals surface area contributed by atoms with Gasteiger partial charge in [-0.15, -0.1) is 0 Å². The van der Waals surface area contributed by atoms with Crippen LogP contribution in [0.3, 0.4) is 0 Å². The number of imide groups is 1. The minimum absolute atomic E-state index is 0.265. The first kappa shape index (κ1) is 11.2. The standard InChI is InChI=1S/C10H10INO2/c1-7(13)12(8(2)14)10-5-3-9(11)4-6-10/h3-6H,1-2H3. The third kappa shape index (κ3) is 2.54.